The van der Waals surface area contributed by atoms with E-state index in [2.05, 4.69) is 4.98 Å². The molecule has 0 saturated carbocycles. The lowest BCUT2D eigenvalue weighted by molar-refractivity contribution is -0.142. The molecule has 18 heavy (non-hydrogen) atoms. The monoisotopic (exact) mass is 270 g/mol. The number of aliphatic carboxylic acids is 1. The van der Waals surface area contributed by atoms with E-state index in [4.69, 9.17) is 5.11 Å². The third-order valence-electron chi connectivity index (χ3n) is 2.86. The summed E-state index contributed by atoms with van der Waals surface area (Å²) in [6.45, 7) is 5.37. The van der Waals surface area contributed by atoms with Gasteiger partial charge < -0.3 is 10.0 Å². The van der Waals surface area contributed by atoms with Crippen LogP contribution in [0.4, 0.5) is 0 Å². The van der Waals surface area contributed by atoms with Gasteiger partial charge in [-0.15, -0.1) is 11.3 Å². The smallest absolute Gasteiger partial charge is 0.305 e. The van der Waals surface area contributed by atoms with Crippen molar-refractivity contribution in [2.24, 2.45) is 0 Å². The third kappa shape index (κ3) is 3.80. The highest BCUT2D eigenvalue weighted by Crippen LogP contribution is 2.19. The molecule has 0 aliphatic heterocycles. The Morgan fingerprint density at radius 1 is 1.50 bits per heavy atom. The second-order valence-electron chi connectivity index (χ2n) is 4.87. The number of carboxylic acid groups (broad SMARTS) is 1. The van der Waals surface area contributed by atoms with Gasteiger partial charge >= 0.3 is 5.97 Å². The minimum absolute atomic E-state index is 0.0780. The quantitative estimate of drug-likeness (QED) is 0.884. The van der Waals surface area contributed by atoms with Crippen LogP contribution in [0, 0.1) is 6.92 Å². The Hall–Kier alpha value is -1.43. The van der Waals surface area contributed by atoms with E-state index < -0.39 is 11.5 Å². The van der Waals surface area contributed by atoms with Crippen molar-refractivity contribution < 1.29 is 14.7 Å². The number of amides is 1. The van der Waals surface area contributed by atoms with Gasteiger partial charge in [-0.1, -0.05) is 0 Å². The summed E-state index contributed by atoms with van der Waals surface area (Å²) in [4.78, 5) is 28.5. The van der Waals surface area contributed by atoms with E-state index in [1.165, 1.54) is 16.2 Å². The van der Waals surface area contributed by atoms with Crippen LogP contribution in [0.15, 0.2) is 5.38 Å². The van der Waals surface area contributed by atoms with Crippen LogP contribution in [-0.2, 0) is 16.0 Å². The fourth-order valence-electron chi connectivity index (χ4n) is 1.59. The lowest BCUT2D eigenvalue weighted by Crippen LogP contribution is -2.47. The number of carbonyl (C=O) groups excluding carboxylic acids is 1. The van der Waals surface area contributed by atoms with Gasteiger partial charge in [-0.05, 0) is 20.8 Å². The Balaban J connectivity index is 2.68. The fourth-order valence-corrected chi connectivity index (χ4v) is 2.20. The Morgan fingerprint density at radius 3 is 2.56 bits per heavy atom. The molecule has 0 saturated heterocycles. The molecule has 0 atom stereocenters. The summed E-state index contributed by atoms with van der Waals surface area (Å²) in [7, 11) is 1.63. The molecule has 0 spiro atoms. The van der Waals surface area contributed by atoms with Crippen molar-refractivity contribution in [2.75, 3.05) is 7.05 Å². The molecule has 1 heterocycles. The number of aromatic nitrogens is 1. The highest BCUT2D eigenvalue weighted by Gasteiger charge is 2.30. The Labute approximate surface area is 110 Å². The van der Waals surface area contributed by atoms with Gasteiger partial charge in [0.2, 0.25) is 5.91 Å². The molecule has 1 rings (SSSR count). The number of thiazole rings is 1. The number of nitrogens with zero attached hydrogens (tertiary/aromatic N) is 2. The number of aryl methyl sites for hydroxylation is 1. The van der Waals surface area contributed by atoms with E-state index in [-0.39, 0.29) is 18.7 Å². The van der Waals surface area contributed by atoms with Gasteiger partial charge in [-0.25, -0.2) is 4.98 Å². The predicted octanol–water partition coefficient (Wildman–Crippen LogP) is 1.71. The largest absolute Gasteiger partial charge is 0.481 e. The highest BCUT2D eigenvalue weighted by molar-refractivity contribution is 7.09. The molecule has 6 heteroatoms. The van der Waals surface area contributed by atoms with Gasteiger partial charge in [0.25, 0.3) is 0 Å². The van der Waals surface area contributed by atoms with Crippen LogP contribution in [-0.4, -0.2) is 39.5 Å². The standard InChI is InChI=1S/C12H18N2O3S/c1-8-13-9(7-18-8)5-10(15)14(4)12(2,3)6-11(16)17/h7H,5-6H2,1-4H3,(H,16,17). The van der Waals surface area contributed by atoms with Crippen molar-refractivity contribution in [3.05, 3.63) is 16.1 Å². The van der Waals surface area contributed by atoms with Crippen molar-refractivity contribution in [1.29, 1.82) is 0 Å². The van der Waals surface area contributed by atoms with Crippen LogP contribution in [0.3, 0.4) is 0 Å². The van der Waals surface area contributed by atoms with Crippen molar-refractivity contribution >= 4 is 23.2 Å². The molecule has 100 valence electrons. The number of likely N-dealkylation sites (N-methyl/N-ethyl adjacent to an activating group) is 1. The van der Waals surface area contributed by atoms with Crippen molar-refractivity contribution in [2.45, 2.75) is 39.2 Å². The molecule has 5 nitrogen and oxygen atoms in total. The van der Waals surface area contributed by atoms with Crippen molar-refractivity contribution in [3.8, 4) is 0 Å². The summed E-state index contributed by atoms with van der Waals surface area (Å²) >= 11 is 1.50. The second-order valence-corrected chi connectivity index (χ2v) is 5.93. The van der Waals surface area contributed by atoms with Gasteiger partial charge in [0.1, 0.15) is 0 Å². The lowest BCUT2D eigenvalue weighted by Gasteiger charge is -2.34. The van der Waals surface area contributed by atoms with Crippen LogP contribution in [0.5, 0.6) is 0 Å². The molecule has 1 aromatic heterocycles. The van der Waals surface area contributed by atoms with Crippen LogP contribution >= 0.6 is 11.3 Å². The predicted molar refractivity (Wildman–Crippen MR) is 69.7 cm³/mol. The molecule has 0 radical (unpaired) electrons. The van der Waals surface area contributed by atoms with Gasteiger partial charge in [-0.3, -0.25) is 9.59 Å². The first-order valence-electron chi connectivity index (χ1n) is 5.62. The first-order valence-corrected chi connectivity index (χ1v) is 6.50. The molecule has 1 N–H and O–H groups in total. The van der Waals surface area contributed by atoms with E-state index in [9.17, 15) is 9.59 Å². The number of carboxylic acids is 1. The third-order valence-corrected chi connectivity index (χ3v) is 3.69. The first kappa shape index (κ1) is 14.6. The summed E-state index contributed by atoms with van der Waals surface area (Å²) in [5, 5.41) is 11.6. The molecule has 0 unspecified atom stereocenters. The maximum absolute atomic E-state index is 12.0. The highest BCUT2D eigenvalue weighted by atomic mass is 32.1. The molecule has 0 aromatic carbocycles. The average Bonchev–Trinajstić information content (AvgIpc) is 2.60. The zero-order valence-corrected chi connectivity index (χ0v) is 11.9. The number of carbonyl (C=O) groups is 2. The minimum Gasteiger partial charge on any atom is -0.481 e. The molecular weight excluding hydrogens is 252 g/mol. The summed E-state index contributed by atoms with van der Waals surface area (Å²) in [5.74, 6) is -1.03. The average molecular weight is 270 g/mol. The summed E-state index contributed by atoms with van der Waals surface area (Å²) < 4.78 is 0. The number of hydrogen-bond acceptors (Lipinski definition) is 4. The van der Waals surface area contributed by atoms with Gasteiger partial charge in [0.05, 0.1) is 23.5 Å². The lowest BCUT2D eigenvalue weighted by atomic mass is 9.98. The first-order chi connectivity index (χ1) is 8.22. The van der Waals surface area contributed by atoms with Crippen LogP contribution in [0.2, 0.25) is 0 Å². The molecule has 1 aromatic rings. The molecule has 0 fully saturated rings. The topological polar surface area (TPSA) is 70.5 Å². The van der Waals surface area contributed by atoms with E-state index in [0.717, 1.165) is 10.7 Å². The van der Waals surface area contributed by atoms with Crippen LogP contribution in [0.1, 0.15) is 31.0 Å². The summed E-state index contributed by atoms with van der Waals surface area (Å²) in [6, 6.07) is 0. The van der Waals surface area contributed by atoms with E-state index in [1.54, 1.807) is 20.9 Å². The van der Waals surface area contributed by atoms with Crippen molar-refractivity contribution in [3.63, 3.8) is 0 Å². The number of hydrogen-bond donors (Lipinski definition) is 1. The zero-order chi connectivity index (χ0) is 13.9. The molecular formula is C12H18N2O3S. The zero-order valence-electron chi connectivity index (χ0n) is 11.1. The van der Waals surface area contributed by atoms with E-state index in [0.29, 0.717) is 0 Å². The van der Waals surface area contributed by atoms with Crippen LogP contribution in [0.25, 0.3) is 0 Å². The second kappa shape index (κ2) is 5.48. The van der Waals surface area contributed by atoms with Gasteiger partial charge in [0, 0.05) is 18.0 Å². The molecule has 0 aliphatic rings. The normalized spacial score (nSPS) is 11.3. The van der Waals surface area contributed by atoms with Crippen molar-refractivity contribution in [1.82, 2.24) is 9.88 Å². The summed E-state index contributed by atoms with van der Waals surface area (Å²) in [5.41, 5.74) is 0.0361. The Kier molecular flexibility index (Phi) is 4.45. The summed E-state index contributed by atoms with van der Waals surface area (Å²) in [6.07, 6.45) is 0.134. The fraction of sp³-hybridized carbons (Fsp3) is 0.583. The van der Waals surface area contributed by atoms with Crippen LogP contribution < -0.4 is 0 Å². The SMILES string of the molecule is Cc1nc(CC(=O)N(C)C(C)(C)CC(=O)O)cs1. The molecule has 1 amide bonds. The number of rotatable bonds is 5. The molecule has 0 aliphatic carbocycles. The van der Waals surface area contributed by atoms with E-state index >= 15 is 0 Å². The maximum atomic E-state index is 12.0. The van der Waals surface area contributed by atoms with E-state index in [1.807, 2.05) is 12.3 Å². The van der Waals surface area contributed by atoms with Gasteiger partial charge in [-0.2, -0.15) is 0 Å². The van der Waals surface area contributed by atoms with Gasteiger partial charge in [0.15, 0.2) is 0 Å². The Morgan fingerprint density at radius 2 is 2.11 bits per heavy atom. The minimum atomic E-state index is -0.913. The maximum Gasteiger partial charge on any atom is 0.305 e. The molecule has 0 bridgehead atoms. The Bertz CT molecular complexity index is 454.